The minimum absolute atomic E-state index is 0.0331. The summed E-state index contributed by atoms with van der Waals surface area (Å²) in [5.74, 6) is -0.373. The second-order valence-corrected chi connectivity index (χ2v) is 8.84. The van der Waals surface area contributed by atoms with Gasteiger partial charge >= 0.3 is 0 Å². The van der Waals surface area contributed by atoms with E-state index in [0.29, 0.717) is 29.9 Å². The number of hydrogen-bond donors (Lipinski definition) is 0. The molecule has 0 spiro atoms. The van der Waals surface area contributed by atoms with Gasteiger partial charge in [-0.2, -0.15) is 10.2 Å². The maximum atomic E-state index is 14.0. The number of halogens is 1. The van der Waals surface area contributed by atoms with Gasteiger partial charge in [-0.1, -0.05) is 36.4 Å². The number of rotatable bonds is 5. The van der Waals surface area contributed by atoms with Crippen LogP contribution < -0.4 is 0 Å². The maximum absolute atomic E-state index is 14.0. The molecule has 174 valence electrons. The van der Waals surface area contributed by atoms with E-state index in [0.717, 1.165) is 29.6 Å². The van der Waals surface area contributed by atoms with E-state index in [4.69, 9.17) is 5.10 Å². The first-order valence-electron chi connectivity index (χ1n) is 11.8. The van der Waals surface area contributed by atoms with Crippen molar-refractivity contribution in [2.45, 2.75) is 25.4 Å². The highest BCUT2D eigenvalue weighted by Crippen LogP contribution is 2.31. The van der Waals surface area contributed by atoms with Crippen LogP contribution in [-0.4, -0.2) is 42.8 Å². The van der Waals surface area contributed by atoms with E-state index in [2.05, 4.69) is 5.10 Å². The summed E-state index contributed by atoms with van der Waals surface area (Å²) in [6.45, 7) is 1.31. The number of fused-ring (bicyclic) bond motifs is 1. The van der Waals surface area contributed by atoms with E-state index < -0.39 is 0 Å². The highest BCUT2D eigenvalue weighted by atomic mass is 19.1. The first-order chi connectivity index (χ1) is 17.2. The molecule has 0 saturated carbocycles. The topological polar surface area (TPSA) is 55.4 Å². The third kappa shape index (κ3) is 3.99. The second-order valence-electron chi connectivity index (χ2n) is 8.84. The first-order valence-corrected chi connectivity index (χ1v) is 11.8. The third-order valence-corrected chi connectivity index (χ3v) is 6.62. The van der Waals surface area contributed by atoms with Gasteiger partial charge in [0, 0.05) is 30.1 Å². The lowest BCUT2D eigenvalue weighted by molar-refractivity contribution is 0.0724. The third-order valence-electron chi connectivity index (χ3n) is 6.62. The molecule has 0 radical (unpaired) electrons. The largest absolute Gasteiger partial charge is 0.334 e. The lowest BCUT2D eigenvalue weighted by Crippen LogP contribution is -2.38. The highest BCUT2D eigenvalue weighted by molar-refractivity contribution is 6.06. The van der Waals surface area contributed by atoms with Crippen molar-refractivity contribution in [3.8, 4) is 22.5 Å². The summed E-state index contributed by atoms with van der Waals surface area (Å²) in [5.41, 5.74) is 4.57. The van der Waals surface area contributed by atoms with Crippen LogP contribution in [-0.2, 0) is 6.54 Å². The Morgan fingerprint density at radius 2 is 1.69 bits per heavy atom. The predicted octanol–water partition coefficient (Wildman–Crippen LogP) is 5.31. The fraction of sp³-hybridized carbons (Fsp3) is 0.179. The maximum Gasteiger partial charge on any atom is 0.258 e. The number of carbonyl (C=O) groups is 1. The number of likely N-dealkylation sites (tertiary alicyclic amines) is 1. The summed E-state index contributed by atoms with van der Waals surface area (Å²) >= 11 is 0. The molecule has 1 saturated heterocycles. The smallest absolute Gasteiger partial charge is 0.258 e. The van der Waals surface area contributed by atoms with E-state index in [-0.39, 0.29) is 17.8 Å². The molecule has 3 aromatic heterocycles. The lowest BCUT2D eigenvalue weighted by Gasteiger charge is -2.25. The van der Waals surface area contributed by atoms with Gasteiger partial charge in [0.2, 0.25) is 0 Å². The van der Waals surface area contributed by atoms with Crippen LogP contribution in [0.15, 0.2) is 91.3 Å². The van der Waals surface area contributed by atoms with Gasteiger partial charge in [-0.25, -0.2) is 8.91 Å². The molecule has 4 heterocycles. The normalized spacial score (nSPS) is 15.7. The Bertz CT molecular complexity index is 1490. The quantitative estimate of drug-likeness (QED) is 0.354. The van der Waals surface area contributed by atoms with Crippen LogP contribution in [0.25, 0.3) is 28.0 Å². The van der Waals surface area contributed by atoms with Crippen LogP contribution in [0.5, 0.6) is 0 Å². The highest BCUT2D eigenvalue weighted by Gasteiger charge is 2.33. The van der Waals surface area contributed by atoms with Gasteiger partial charge in [0.15, 0.2) is 0 Å². The van der Waals surface area contributed by atoms with E-state index >= 15 is 0 Å². The minimum atomic E-state index is -0.320. The summed E-state index contributed by atoms with van der Waals surface area (Å²) in [4.78, 5) is 15.9. The Balaban J connectivity index is 1.32. The lowest BCUT2D eigenvalue weighted by atomic mass is 10.0. The van der Waals surface area contributed by atoms with Crippen LogP contribution in [0, 0.1) is 5.82 Å². The molecule has 1 aliphatic rings. The molecule has 6 rings (SSSR count). The summed E-state index contributed by atoms with van der Waals surface area (Å²) in [7, 11) is 0. The zero-order valence-corrected chi connectivity index (χ0v) is 19.1. The SMILES string of the molecule is O=C(c1c(-c2ccc(F)cc2)nn2ccccc12)N1CCC[C@H]1Cn1ccc(-c2ccccc2)n1. The van der Waals surface area contributed by atoms with Gasteiger partial charge in [0.1, 0.15) is 11.5 Å². The Morgan fingerprint density at radius 1 is 0.886 bits per heavy atom. The van der Waals surface area contributed by atoms with Crippen molar-refractivity contribution < 1.29 is 9.18 Å². The zero-order valence-electron chi connectivity index (χ0n) is 19.1. The van der Waals surface area contributed by atoms with Crippen molar-refractivity contribution in [3.63, 3.8) is 0 Å². The molecule has 1 fully saturated rings. The van der Waals surface area contributed by atoms with Crippen molar-refractivity contribution in [2.24, 2.45) is 0 Å². The number of aromatic nitrogens is 4. The van der Waals surface area contributed by atoms with Gasteiger partial charge in [-0.15, -0.1) is 0 Å². The number of carbonyl (C=O) groups excluding carboxylic acids is 1. The molecule has 7 heteroatoms. The zero-order chi connectivity index (χ0) is 23.8. The summed E-state index contributed by atoms with van der Waals surface area (Å²) in [6.07, 6.45) is 5.66. The molecule has 1 atom stereocenters. The fourth-order valence-electron chi connectivity index (χ4n) is 4.90. The number of amides is 1. The van der Waals surface area contributed by atoms with Crippen LogP contribution in [0.4, 0.5) is 4.39 Å². The molecule has 6 nitrogen and oxygen atoms in total. The number of benzene rings is 2. The number of hydrogen-bond acceptors (Lipinski definition) is 3. The number of pyridine rings is 1. The average molecular weight is 466 g/mol. The summed E-state index contributed by atoms with van der Waals surface area (Å²) in [6, 6.07) is 23.9. The second kappa shape index (κ2) is 8.83. The van der Waals surface area contributed by atoms with Gasteiger partial charge in [-0.3, -0.25) is 9.48 Å². The van der Waals surface area contributed by atoms with Crippen molar-refractivity contribution in [1.82, 2.24) is 24.3 Å². The van der Waals surface area contributed by atoms with Gasteiger partial charge < -0.3 is 4.90 Å². The molecule has 0 N–H and O–H groups in total. The Kier molecular flexibility index (Phi) is 5.37. The molecule has 35 heavy (non-hydrogen) atoms. The van der Waals surface area contributed by atoms with E-state index in [1.807, 2.05) is 76.6 Å². The van der Waals surface area contributed by atoms with Crippen molar-refractivity contribution >= 4 is 11.4 Å². The fourth-order valence-corrected chi connectivity index (χ4v) is 4.90. The monoisotopic (exact) mass is 465 g/mol. The molecule has 5 aromatic rings. The van der Waals surface area contributed by atoms with E-state index in [9.17, 15) is 9.18 Å². The van der Waals surface area contributed by atoms with Crippen LogP contribution in [0.3, 0.4) is 0 Å². The van der Waals surface area contributed by atoms with E-state index in [1.165, 1.54) is 12.1 Å². The number of nitrogens with zero attached hydrogens (tertiary/aromatic N) is 5. The molecule has 1 aliphatic heterocycles. The van der Waals surface area contributed by atoms with Crippen molar-refractivity contribution in [1.29, 1.82) is 0 Å². The molecule has 0 aliphatic carbocycles. The summed E-state index contributed by atoms with van der Waals surface area (Å²) in [5, 5.41) is 9.43. The predicted molar refractivity (Wildman–Crippen MR) is 132 cm³/mol. The Hall–Kier alpha value is -4.26. The molecule has 2 aromatic carbocycles. The van der Waals surface area contributed by atoms with Crippen LogP contribution in [0.2, 0.25) is 0 Å². The first kappa shape index (κ1) is 21.3. The van der Waals surface area contributed by atoms with Gasteiger partial charge in [-0.05, 0) is 55.3 Å². The van der Waals surface area contributed by atoms with Crippen LogP contribution >= 0.6 is 0 Å². The Morgan fingerprint density at radius 3 is 2.51 bits per heavy atom. The molecule has 0 bridgehead atoms. The molecular weight excluding hydrogens is 441 g/mol. The van der Waals surface area contributed by atoms with Gasteiger partial charge in [0.25, 0.3) is 5.91 Å². The van der Waals surface area contributed by atoms with E-state index in [1.54, 1.807) is 16.6 Å². The van der Waals surface area contributed by atoms with Crippen molar-refractivity contribution in [2.75, 3.05) is 6.54 Å². The molecule has 0 unspecified atom stereocenters. The molecular formula is C28H24FN5O. The minimum Gasteiger partial charge on any atom is -0.334 e. The summed E-state index contributed by atoms with van der Waals surface area (Å²) < 4.78 is 17.2. The Labute approximate surface area is 202 Å². The van der Waals surface area contributed by atoms with Crippen LogP contribution in [0.1, 0.15) is 23.2 Å². The van der Waals surface area contributed by atoms with Crippen molar-refractivity contribution in [3.05, 3.63) is 103 Å². The average Bonchev–Trinajstić information content (AvgIpc) is 3.63. The molecule has 1 amide bonds. The van der Waals surface area contributed by atoms with Gasteiger partial charge in [0.05, 0.1) is 29.4 Å². The standard InChI is InChI=1S/C28H24FN5O/c29-22-13-11-21(12-14-22)27-26(25-10-4-5-17-34(25)31-27)28(35)33-16-6-9-23(33)19-32-18-15-24(30-32)20-7-2-1-3-8-20/h1-5,7-8,10-15,17-18,23H,6,9,16,19H2/t23-/m0/s1.